The van der Waals surface area contributed by atoms with Crippen LogP contribution >= 0.6 is 11.6 Å². The third-order valence-corrected chi connectivity index (χ3v) is 4.88. The second kappa shape index (κ2) is 10.4. The number of hydrogen-bond acceptors (Lipinski definition) is 9. The van der Waals surface area contributed by atoms with Gasteiger partial charge in [-0.15, -0.1) is 0 Å². The third-order valence-electron chi connectivity index (χ3n) is 4.66. The maximum Gasteiger partial charge on any atom is 0.333 e. The van der Waals surface area contributed by atoms with Crippen molar-refractivity contribution in [2.24, 2.45) is 0 Å². The summed E-state index contributed by atoms with van der Waals surface area (Å²) in [4.78, 5) is 31.9. The van der Waals surface area contributed by atoms with E-state index in [0.29, 0.717) is 0 Å². The minimum absolute atomic E-state index is 0.0368. The van der Waals surface area contributed by atoms with Gasteiger partial charge in [-0.3, -0.25) is 15.2 Å². The molecule has 1 aromatic carbocycles. The van der Waals surface area contributed by atoms with E-state index in [4.69, 9.17) is 25.4 Å². The number of pyridine rings is 1. The summed E-state index contributed by atoms with van der Waals surface area (Å²) in [6, 6.07) is 3.95. The second-order valence-corrected chi connectivity index (χ2v) is 7.53. The van der Waals surface area contributed by atoms with Crippen molar-refractivity contribution in [3.63, 3.8) is 0 Å². The molecular formula is C21H16ClF2N7O5. The number of carbonyl (C=O) groups excluding carboxylic acids is 2. The number of benzene rings is 1. The molecule has 0 aliphatic rings. The van der Waals surface area contributed by atoms with Crippen molar-refractivity contribution in [3.05, 3.63) is 64.5 Å². The van der Waals surface area contributed by atoms with Crippen LogP contribution in [0.1, 0.15) is 22.1 Å². The van der Waals surface area contributed by atoms with Crippen molar-refractivity contribution in [2.75, 3.05) is 7.11 Å². The predicted molar refractivity (Wildman–Crippen MR) is 119 cm³/mol. The molecule has 0 spiro atoms. The molecule has 0 atom stereocenters. The van der Waals surface area contributed by atoms with E-state index in [-0.39, 0.29) is 57.3 Å². The molecule has 36 heavy (non-hydrogen) atoms. The number of hydrogen-bond donors (Lipinski definition) is 3. The quantitative estimate of drug-likeness (QED) is 0.325. The molecule has 3 heterocycles. The number of amides is 3. The largest absolute Gasteiger partial charge is 0.479 e. The number of aromatic nitrogens is 4. The van der Waals surface area contributed by atoms with Crippen LogP contribution in [0.5, 0.6) is 5.88 Å². The first-order chi connectivity index (χ1) is 17.2. The topological polar surface area (TPSA) is 157 Å². The Hall–Kier alpha value is -4.59. The first kappa shape index (κ1) is 24.5. The Morgan fingerprint density at radius 2 is 1.89 bits per heavy atom. The molecule has 0 unspecified atom stereocenters. The first-order valence-electron chi connectivity index (χ1n) is 10.0. The number of methoxy groups -OCH3 is 1. The SMILES string of the molecule is COc1cc(C(=O)NNC(=O)NCc2ncc(-c3cc(Cl)cc(F)c3-c3noc(C)n3)cc2F)on1. The number of aryl methyl sites for hydroxylation is 1. The monoisotopic (exact) mass is 519 g/mol. The normalized spacial score (nSPS) is 10.7. The molecule has 0 aliphatic carbocycles. The predicted octanol–water partition coefficient (Wildman–Crippen LogP) is 3.18. The molecule has 4 rings (SSSR count). The van der Waals surface area contributed by atoms with Gasteiger partial charge in [-0.05, 0) is 28.9 Å². The van der Waals surface area contributed by atoms with E-state index in [1.807, 2.05) is 0 Å². The molecule has 0 fully saturated rings. The van der Waals surface area contributed by atoms with Crippen LogP contribution in [-0.2, 0) is 6.54 Å². The molecule has 3 N–H and O–H groups in total. The minimum Gasteiger partial charge on any atom is -0.479 e. The highest BCUT2D eigenvalue weighted by Crippen LogP contribution is 2.35. The van der Waals surface area contributed by atoms with E-state index >= 15 is 0 Å². The smallest absolute Gasteiger partial charge is 0.333 e. The van der Waals surface area contributed by atoms with Crippen LogP contribution in [0.25, 0.3) is 22.5 Å². The zero-order chi connectivity index (χ0) is 25.8. The Labute approximate surface area is 205 Å². The summed E-state index contributed by atoms with van der Waals surface area (Å²) in [5.41, 5.74) is 4.36. The number of halogens is 3. The maximum absolute atomic E-state index is 14.8. The molecule has 12 nitrogen and oxygen atoms in total. The highest BCUT2D eigenvalue weighted by molar-refractivity contribution is 6.31. The van der Waals surface area contributed by atoms with Gasteiger partial charge < -0.3 is 19.1 Å². The highest BCUT2D eigenvalue weighted by atomic mass is 35.5. The standard InChI is InChI=1S/C21H16ClF2N7O5/c1-9-27-19(31-35-9)18-12(4-11(22)5-14(18)24)10-3-13(23)15(25-7-10)8-26-21(33)29-28-20(32)16-6-17(34-2)30-36-16/h3-7H,8H2,1-2H3,(H,28,32)(H2,26,29,33). The van der Waals surface area contributed by atoms with Gasteiger partial charge in [0, 0.05) is 23.7 Å². The van der Waals surface area contributed by atoms with Crippen LogP contribution in [0, 0.1) is 18.6 Å². The van der Waals surface area contributed by atoms with Gasteiger partial charge in [-0.25, -0.2) is 19.0 Å². The van der Waals surface area contributed by atoms with Crippen LogP contribution in [0.4, 0.5) is 13.6 Å². The van der Waals surface area contributed by atoms with Gasteiger partial charge in [0.1, 0.15) is 11.6 Å². The van der Waals surface area contributed by atoms with Crippen LogP contribution < -0.4 is 20.9 Å². The number of nitrogens with zero attached hydrogens (tertiary/aromatic N) is 4. The summed E-state index contributed by atoms with van der Waals surface area (Å²) >= 11 is 6.00. The Bertz CT molecular complexity index is 1440. The molecule has 15 heteroatoms. The molecule has 0 radical (unpaired) electrons. The van der Waals surface area contributed by atoms with Crippen molar-refractivity contribution in [2.45, 2.75) is 13.5 Å². The van der Waals surface area contributed by atoms with E-state index in [1.54, 1.807) is 6.92 Å². The van der Waals surface area contributed by atoms with E-state index in [2.05, 4.69) is 36.4 Å². The molecule has 0 aliphatic heterocycles. The van der Waals surface area contributed by atoms with E-state index in [9.17, 15) is 18.4 Å². The number of carbonyl (C=O) groups is 2. The zero-order valence-corrected chi connectivity index (χ0v) is 19.3. The molecular weight excluding hydrogens is 504 g/mol. The summed E-state index contributed by atoms with van der Waals surface area (Å²) < 4.78 is 43.9. The lowest BCUT2D eigenvalue weighted by Crippen LogP contribution is -2.46. The minimum atomic E-state index is -0.855. The van der Waals surface area contributed by atoms with E-state index in [0.717, 1.165) is 12.1 Å². The number of hydrazine groups is 1. The Balaban J connectivity index is 1.44. The van der Waals surface area contributed by atoms with E-state index < -0.39 is 23.6 Å². The lowest BCUT2D eigenvalue weighted by molar-refractivity contribution is 0.0898. The van der Waals surface area contributed by atoms with Crippen molar-refractivity contribution >= 4 is 23.5 Å². The molecule has 4 aromatic rings. The molecule has 3 aromatic heterocycles. The van der Waals surface area contributed by atoms with Crippen molar-refractivity contribution in [3.8, 4) is 28.4 Å². The average molecular weight is 520 g/mol. The van der Waals surface area contributed by atoms with Crippen LogP contribution in [0.2, 0.25) is 5.02 Å². The molecule has 3 amide bonds. The molecule has 0 saturated carbocycles. The van der Waals surface area contributed by atoms with Gasteiger partial charge in [0.2, 0.25) is 17.5 Å². The molecule has 0 saturated heterocycles. The summed E-state index contributed by atoms with van der Waals surface area (Å²) in [6.07, 6.45) is 1.28. The fourth-order valence-corrected chi connectivity index (χ4v) is 3.22. The lowest BCUT2D eigenvalue weighted by atomic mass is 9.99. The highest BCUT2D eigenvalue weighted by Gasteiger charge is 2.20. The Morgan fingerprint density at radius 3 is 2.56 bits per heavy atom. The zero-order valence-electron chi connectivity index (χ0n) is 18.6. The summed E-state index contributed by atoms with van der Waals surface area (Å²) in [5.74, 6) is -2.27. The fourth-order valence-electron chi connectivity index (χ4n) is 3.02. The summed E-state index contributed by atoms with van der Waals surface area (Å²) in [5, 5.41) is 9.58. The Kier molecular flexibility index (Phi) is 7.05. The van der Waals surface area contributed by atoms with Crippen LogP contribution in [0.3, 0.4) is 0 Å². The van der Waals surface area contributed by atoms with Crippen molar-refractivity contribution in [1.29, 1.82) is 0 Å². The fraction of sp³-hybridized carbons (Fsp3) is 0.143. The van der Waals surface area contributed by atoms with Crippen molar-refractivity contribution < 1.29 is 32.2 Å². The van der Waals surface area contributed by atoms with Gasteiger partial charge in [0.15, 0.2) is 0 Å². The van der Waals surface area contributed by atoms with Gasteiger partial charge >= 0.3 is 11.9 Å². The molecule has 186 valence electrons. The first-order valence-corrected chi connectivity index (χ1v) is 10.4. The summed E-state index contributed by atoms with van der Waals surface area (Å²) in [6.45, 7) is 1.21. The lowest BCUT2D eigenvalue weighted by Gasteiger charge is -2.11. The number of ether oxygens (including phenoxy) is 1. The number of urea groups is 1. The van der Waals surface area contributed by atoms with Gasteiger partial charge in [-0.1, -0.05) is 16.8 Å². The van der Waals surface area contributed by atoms with Crippen LogP contribution in [0.15, 0.2) is 39.5 Å². The number of nitrogens with one attached hydrogen (secondary N) is 3. The molecule has 0 bridgehead atoms. The summed E-state index contributed by atoms with van der Waals surface area (Å²) in [7, 11) is 1.34. The van der Waals surface area contributed by atoms with E-state index in [1.165, 1.54) is 25.4 Å². The maximum atomic E-state index is 14.8. The Morgan fingerprint density at radius 1 is 1.08 bits per heavy atom. The number of rotatable bonds is 6. The van der Waals surface area contributed by atoms with Gasteiger partial charge in [0.25, 0.3) is 5.88 Å². The van der Waals surface area contributed by atoms with Crippen molar-refractivity contribution in [1.82, 2.24) is 36.4 Å². The third kappa shape index (κ3) is 5.38. The second-order valence-electron chi connectivity index (χ2n) is 7.10. The van der Waals surface area contributed by atoms with Gasteiger partial charge in [0.05, 0.1) is 31.0 Å². The van der Waals surface area contributed by atoms with Crippen LogP contribution in [-0.4, -0.2) is 39.3 Å². The van der Waals surface area contributed by atoms with Gasteiger partial charge in [-0.2, -0.15) is 4.98 Å². The average Bonchev–Trinajstić information content (AvgIpc) is 3.50.